The fourth-order valence-corrected chi connectivity index (χ4v) is 1.79. The Morgan fingerprint density at radius 1 is 1.46 bits per heavy atom. The van der Waals surface area contributed by atoms with E-state index >= 15 is 0 Å². The molecule has 0 bridgehead atoms. The normalized spacial score (nSPS) is 27.3. The molecule has 1 amide bonds. The first kappa shape index (κ1) is 8.23. The van der Waals surface area contributed by atoms with Gasteiger partial charge in [-0.05, 0) is 12.5 Å². The molecule has 13 heavy (non-hydrogen) atoms. The van der Waals surface area contributed by atoms with E-state index < -0.39 is 0 Å². The van der Waals surface area contributed by atoms with Gasteiger partial charge in [-0.15, -0.1) is 0 Å². The topological polar surface area (TPSA) is 37.4 Å². The number of carbonyl (C=O) groups excluding carboxylic acids is 2. The molecule has 3 nitrogen and oxygen atoms in total. The number of piperidine rings is 1. The van der Waals surface area contributed by atoms with Crippen molar-refractivity contribution in [3.05, 3.63) is 23.9 Å². The lowest BCUT2D eigenvalue weighted by Crippen LogP contribution is -2.40. The van der Waals surface area contributed by atoms with E-state index in [0.29, 0.717) is 0 Å². The molecule has 2 rings (SSSR count). The molecule has 1 aliphatic heterocycles. The van der Waals surface area contributed by atoms with Crippen molar-refractivity contribution in [1.82, 2.24) is 4.90 Å². The molecule has 0 spiro atoms. The molecule has 1 aliphatic carbocycles. The van der Waals surface area contributed by atoms with Crippen LogP contribution in [0.15, 0.2) is 23.9 Å². The highest BCUT2D eigenvalue weighted by Crippen LogP contribution is 2.29. The van der Waals surface area contributed by atoms with Crippen molar-refractivity contribution in [3.8, 4) is 0 Å². The van der Waals surface area contributed by atoms with Gasteiger partial charge < -0.3 is 4.90 Å². The predicted molar refractivity (Wildman–Crippen MR) is 47.7 cm³/mol. The van der Waals surface area contributed by atoms with Crippen LogP contribution in [0.3, 0.4) is 0 Å². The number of Topliss-reactive ketones (excluding diaryl/α,β-unsaturated/α-hetero) is 1. The van der Waals surface area contributed by atoms with Gasteiger partial charge in [-0.25, -0.2) is 0 Å². The Balaban J connectivity index is 2.37. The van der Waals surface area contributed by atoms with E-state index in [1.807, 2.05) is 18.2 Å². The standard InChI is InChI=1S/C10H11NO2/c1-11-8-5-3-2-4-7(8)9(12)6-10(11)13/h2-3,5,7H,4,6H2,1H3. The first-order chi connectivity index (χ1) is 6.20. The van der Waals surface area contributed by atoms with Crippen molar-refractivity contribution in [1.29, 1.82) is 0 Å². The number of carbonyl (C=O) groups is 2. The zero-order chi connectivity index (χ0) is 9.42. The lowest BCUT2D eigenvalue weighted by Gasteiger charge is -2.32. The van der Waals surface area contributed by atoms with Crippen LogP contribution in [0, 0.1) is 5.92 Å². The van der Waals surface area contributed by atoms with E-state index in [2.05, 4.69) is 0 Å². The molecule has 0 aromatic carbocycles. The number of ketones is 1. The molecule has 0 aromatic heterocycles. The smallest absolute Gasteiger partial charge is 0.233 e. The lowest BCUT2D eigenvalue weighted by atomic mass is 9.87. The molecule has 1 fully saturated rings. The Labute approximate surface area is 76.7 Å². The van der Waals surface area contributed by atoms with Crippen LogP contribution in [0.2, 0.25) is 0 Å². The summed E-state index contributed by atoms with van der Waals surface area (Å²) in [5.41, 5.74) is 0.851. The molecule has 0 saturated carbocycles. The van der Waals surface area contributed by atoms with Gasteiger partial charge in [0, 0.05) is 12.7 Å². The van der Waals surface area contributed by atoms with Crippen molar-refractivity contribution in [2.45, 2.75) is 12.8 Å². The van der Waals surface area contributed by atoms with Crippen LogP contribution in [0.25, 0.3) is 0 Å². The van der Waals surface area contributed by atoms with E-state index in [-0.39, 0.29) is 24.0 Å². The van der Waals surface area contributed by atoms with Crippen molar-refractivity contribution in [3.63, 3.8) is 0 Å². The van der Waals surface area contributed by atoms with Gasteiger partial charge in [-0.1, -0.05) is 12.2 Å². The molecule has 0 aromatic rings. The molecule has 1 unspecified atom stereocenters. The molecule has 1 heterocycles. The number of rotatable bonds is 0. The molecule has 0 radical (unpaired) electrons. The largest absolute Gasteiger partial charge is 0.318 e. The predicted octanol–water partition coefficient (Wildman–Crippen LogP) is 0.878. The Morgan fingerprint density at radius 3 is 3.00 bits per heavy atom. The zero-order valence-electron chi connectivity index (χ0n) is 7.49. The van der Waals surface area contributed by atoms with Gasteiger partial charge in [0.1, 0.15) is 0 Å². The highest BCUT2D eigenvalue weighted by molar-refractivity contribution is 6.04. The number of likely N-dealkylation sites (tertiary alicyclic amines) is 1. The van der Waals surface area contributed by atoms with Crippen molar-refractivity contribution in [2.75, 3.05) is 7.05 Å². The summed E-state index contributed by atoms with van der Waals surface area (Å²) >= 11 is 0. The van der Waals surface area contributed by atoms with Gasteiger partial charge in [-0.3, -0.25) is 9.59 Å². The SMILES string of the molecule is CN1C(=O)CC(=O)C2CC=CC=C21. The number of allylic oxidation sites excluding steroid dienone is 4. The van der Waals surface area contributed by atoms with E-state index in [9.17, 15) is 9.59 Å². The van der Waals surface area contributed by atoms with Crippen LogP contribution in [-0.4, -0.2) is 23.6 Å². The minimum absolute atomic E-state index is 0.0544. The van der Waals surface area contributed by atoms with Gasteiger partial charge in [0.05, 0.1) is 12.3 Å². The minimum atomic E-state index is -0.0946. The number of hydrogen-bond donors (Lipinski definition) is 0. The highest BCUT2D eigenvalue weighted by atomic mass is 16.2. The molecule has 3 heteroatoms. The third kappa shape index (κ3) is 1.20. The van der Waals surface area contributed by atoms with Gasteiger partial charge in [0.2, 0.25) is 5.91 Å². The van der Waals surface area contributed by atoms with E-state index in [4.69, 9.17) is 0 Å². The van der Waals surface area contributed by atoms with Crippen molar-refractivity contribution < 1.29 is 9.59 Å². The Morgan fingerprint density at radius 2 is 2.23 bits per heavy atom. The number of fused-ring (bicyclic) bond motifs is 1. The summed E-state index contributed by atoms with van der Waals surface area (Å²) in [4.78, 5) is 24.4. The van der Waals surface area contributed by atoms with Crippen LogP contribution in [-0.2, 0) is 9.59 Å². The van der Waals surface area contributed by atoms with Gasteiger partial charge in [0.15, 0.2) is 5.78 Å². The lowest BCUT2D eigenvalue weighted by molar-refractivity contribution is -0.138. The summed E-state index contributed by atoms with van der Waals surface area (Å²) in [7, 11) is 1.73. The maximum atomic E-state index is 11.5. The van der Waals surface area contributed by atoms with Crippen LogP contribution in [0.4, 0.5) is 0 Å². The summed E-state index contributed by atoms with van der Waals surface area (Å²) in [6.45, 7) is 0. The fourth-order valence-electron chi connectivity index (χ4n) is 1.79. The monoisotopic (exact) mass is 177 g/mol. The van der Waals surface area contributed by atoms with Crippen LogP contribution < -0.4 is 0 Å². The highest BCUT2D eigenvalue weighted by Gasteiger charge is 2.34. The minimum Gasteiger partial charge on any atom is -0.318 e. The second kappa shape index (κ2) is 2.83. The average Bonchev–Trinajstić information content (AvgIpc) is 2.15. The number of hydrogen-bond acceptors (Lipinski definition) is 2. The number of nitrogens with zero attached hydrogens (tertiary/aromatic N) is 1. The van der Waals surface area contributed by atoms with Gasteiger partial charge in [-0.2, -0.15) is 0 Å². The molecule has 2 aliphatic rings. The summed E-state index contributed by atoms with van der Waals surface area (Å²) in [6, 6.07) is 0. The summed E-state index contributed by atoms with van der Waals surface area (Å²) < 4.78 is 0. The quantitative estimate of drug-likeness (QED) is 0.515. The maximum Gasteiger partial charge on any atom is 0.233 e. The summed E-state index contributed by atoms with van der Waals surface area (Å²) in [5.74, 6) is -0.116. The Kier molecular flexibility index (Phi) is 1.79. The fraction of sp³-hybridized carbons (Fsp3) is 0.400. The molecule has 0 N–H and O–H groups in total. The van der Waals surface area contributed by atoms with E-state index in [1.54, 1.807) is 11.9 Å². The molecule has 1 atom stereocenters. The first-order valence-corrected chi connectivity index (χ1v) is 4.36. The van der Waals surface area contributed by atoms with Gasteiger partial charge >= 0.3 is 0 Å². The van der Waals surface area contributed by atoms with E-state index in [0.717, 1.165) is 12.1 Å². The summed E-state index contributed by atoms with van der Waals surface area (Å²) in [5, 5.41) is 0. The Hall–Kier alpha value is -1.38. The maximum absolute atomic E-state index is 11.5. The van der Waals surface area contributed by atoms with Crippen LogP contribution >= 0.6 is 0 Å². The van der Waals surface area contributed by atoms with Crippen LogP contribution in [0.1, 0.15) is 12.8 Å². The second-order valence-electron chi connectivity index (χ2n) is 3.40. The second-order valence-corrected chi connectivity index (χ2v) is 3.40. The molecular formula is C10H11NO2. The number of amides is 1. The third-order valence-corrected chi connectivity index (χ3v) is 2.61. The Bertz CT molecular complexity index is 328. The molecular weight excluding hydrogens is 166 g/mol. The van der Waals surface area contributed by atoms with Crippen molar-refractivity contribution in [2.24, 2.45) is 5.92 Å². The molecule has 68 valence electrons. The zero-order valence-corrected chi connectivity index (χ0v) is 7.49. The van der Waals surface area contributed by atoms with Gasteiger partial charge in [0.25, 0.3) is 0 Å². The van der Waals surface area contributed by atoms with Crippen molar-refractivity contribution >= 4 is 11.7 Å². The van der Waals surface area contributed by atoms with Crippen LogP contribution in [0.5, 0.6) is 0 Å². The van der Waals surface area contributed by atoms with E-state index in [1.165, 1.54) is 0 Å². The third-order valence-electron chi connectivity index (χ3n) is 2.61. The summed E-state index contributed by atoms with van der Waals surface area (Å²) in [6.07, 6.45) is 6.52. The molecule has 1 saturated heterocycles. The first-order valence-electron chi connectivity index (χ1n) is 4.36. The average molecular weight is 177 g/mol.